The summed E-state index contributed by atoms with van der Waals surface area (Å²) in [6, 6.07) is 6.60. The Bertz CT molecular complexity index is 634. The molecular weight excluding hydrogens is 320 g/mol. The van der Waals surface area contributed by atoms with E-state index in [1.165, 1.54) is 11.4 Å². The highest BCUT2D eigenvalue weighted by Gasteiger charge is 2.30. The summed E-state index contributed by atoms with van der Waals surface area (Å²) in [6.07, 6.45) is -0.260. The molecule has 0 saturated carbocycles. The quantitative estimate of drug-likeness (QED) is 0.804. The van der Waals surface area contributed by atoms with Crippen LogP contribution in [0.4, 0.5) is 0 Å². The minimum absolute atomic E-state index is 0.130. The first-order valence-corrected chi connectivity index (χ1v) is 8.83. The number of benzene rings is 1. The lowest BCUT2D eigenvalue weighted by Crippen LogP contribution is -2.51. The minimum Gasteiger partial charge on any atom is -0.465 e. The highest BCUT2D eigenvalue weighted by Crippen LogP contribution is 2.14. The lowest BCUT2D eigenvalue weighted by atomic mass is 10.1. The van der Waals surface area contributed by atoms with Gasteiger partial charge in [-0.1, -0.05) is 12.1 Å². The van der Waals surface area contributed by atoms with Crippen molar-refractivity contribution in [1.29, 1.82) is 0 Å². The number of methoxy groups -OCH3 is 1. The van der Waals surface area contributed by atoms with Crippen molar-refractivity contribution in [2.75, 3.05) is 20.2 Å². The fourth-order valence-corrected chi connectivity index (χ4v) is 3.81. The Morgan fingerprint density at radius 1 is 1.26 bits per heavy atom. The normalized spacial score (nSPS) is 22.7. The van der Waals surface area contributed by atoms with E-state index in [1.54, 1.807) is 24.3 Å². The number of carbonyl (C=O) groups is 1. The molecule has 1 aromatic carbocycles. The summed E-state index contributed by atoms with van der Waals surface area (Å²) in [5.41, 5.74) is 1.19. The molecule has 1 heterocycles. The Morgan fingerprint density at radius 2 is 1.83 bits per heavy atom. The van der Waals surface area contributed by atoms with Crippen LogP contribution in [-0.2, 0) is 26.2 Å². The highest BCUT2D eigenvalue weighted by molar-refractivity contribution is 7.87. The smallest absolute Gasteiger partial charge is 0.337 e. The van der Waals surface area contributed by atoms with Crippen molar-refractivity contribution in [2.45, 2.75) is 32.6 Å². The molecule has 2 atom stereocenters. The van der Waals surface area contributed by atoms with Crippen molar-refractivity contribution >= 4 is 16.2 Å². The van der Waals surface area contributed by atoms with Crippen molar-refractivity contribution < 1.29 is 22.7 Å². The molecule has 0 bridgehead atoms. The van der Waals surface area contributed by atoms with E-state index in [9.17, 15) is 13.2 Å². The molecule has 0 aromatic heterocycles. The maximum Gasteiger partial charge on any atom is 0.337 e. The van der Waals surface area contributed by atoms with E-state index >= 15 is 0 Å². The fourth-order valence-electron chi connectivity index (χ4n) is 2.47. The van der Waals surface area contributed by atoms with E-state index in [-0.39, 0.29) is 18.8 Å². The van der Waals surface area contributed by atoms with Gasteiger partial charge in [-0.25, -0.2) is 4.79 Å². The maximum absolute atomic E-state index is 12.4. The second-order valence-corrected chi connectivity index (χ2v) is 7.34. The minimum atomic E-state index is -3.57. The van der Waals surface area contributed by atoms with Crippen LogP contribution in [0.1, 0.15) is 29.8 Å². The second kappa shape index (κ2) is 7.39. The third-order valence-corrected chi connectivity index (χ3v) is 5.05. The van der Waals surface area contributed by atoms with Gasteiger partial charge < -0.3 is 9.47 Å². The largest absolute Gasteiger partial charge is 0.465 e. The number of nitrogens with zero attached hydrogens (tertiary/aromatic N) is 1. The van der Waals surface area contributed by atoms with Crippen LogP contribution in [0.3, 0.4) is 0 Å². The third-order valence-electron chi connectivity index (χ3n) is 3.56. The number of morpholine rings is 1. The van der Waals surface area contributed by atoms with Gasteiger partial charge in [0.25, 0.3) is 10.2 Å². The summed E-state index contributed by atoms with van der Waals surface area (Å²) in [5.74, 6) is -0.423. The van der Waals surface area contributed by atoms with Crippen molar-refractivity contribution in [3.63, 3.8) is 0 Å². The zero-order valence-corrected chi connectivity index (χ0v) is 14.3. The average molecular weight is 342 g/mol. The molecule has 0 amide bonds. The topological polar surface area (TPSA) is 84.9 Å². The van der Waals surface area contributed by atoms with Crippen molar-refractivity contribution in [3.8, 4) is 0 Å². The number of hydrogen-bond acceptors (Lipinski definition) is 5. The first-order valence-electron chi connectivity index (χ1n) is 7.39. The molecule has 8 heteroatoms. The van der Waals surface area contributed by atoms with Gasteiger partial charge >= 0.3 is 5.97 Å². The number of carbonyl (C=O) groups excluding carboxylic acids is 1. The molecule has 1 aromatic rings. The van der Waals surface area contributed by atoms with Crippen LogP contribution in [0.25, 0.3) is 0 Å². The van der Waals surface area contributed by atoms with Crippen LogP contribution < -0.4 is 4.72 Å². The van der Waals surface area contributed by atoms with Crippen LogP contribution in [0.15, 0.2) is 24.3 Å². The number of esters is 1. The summed E-state index contributed by atoms with van der Waals surface area (Å²) in [5, 5.41) is 0. The Labute approximate surface area is 136 Å². The predicted molar refractivity (Wildman–Crippen MR) is 85.1 cm³/mol. The number of nitrogens with one attached hydrogen (secondary N) is 1. The first kappa shape index (κ1) is 17.9. The SMILES string of the molecule is COC(=O)c1ccc(CNS(=O)(=O)N2CC(C)OC(C)C2)cc1. The van der Waals surface area contributed by atoms with Crippen LogP contribution in [0.2, 0.25) is 0 Å². The molecule has 23 heavy (non-hydrogen) atoms. The summed E-state index contributed by atoms with van der Waals surface area (Å²) in [4.78, 5) is 11.4. The Balaban J connectivity index is 1.97. The van der Waals surface area contributed by atoms with Crippen LogP contribution >= 0.6 is 0 Å². The van der Waals surface area contributed by atoms with Crippen molar-refractivity contribution in [2.24, 2.45) is 0 Å². The highest BCUT2D eigenvalue weighted by atomic mass is 32.2. The van der Waals surface area contributed by atoms with Gasteiger partial charge in [0.1, 0.15) is 0 Å². The third kappa shape index (κ3) is 4.74. The Kier molecular flexibility index (Phi) is 5.74. The molecule has 2 unspecified atom stereocenters. The van der Waals surface area contributed by atoms with Gasteiger partial charge in [0.15, 0.2) is 0 Å². The summed E-state index contributed by atoms with van der Waals surface area (Å²) < 4.78 is 38.8. The van der Waals surface area contributed by atoms with E-state index in [4.69, 9.17) is 4.74 Å². The van der Waals surface area contributed by atoms with E-state index in [2.05, 4.69) is 9.46 Å². The molecule has 128 valence electrons. The van der Waals surface area contributed by atoms with E-state index in [1.807, 2.05) is 13.8 Å². The van der Waals surface area contributed by atoms with E-state index in [0.29, 0.717) is 18.7 Å². The van der Waals surface area contributed by atoms with E-state index < -0.39 is 16.2 Å². The van der Waals surface area contributed by atoms with Crippen LogP contribution in [-0.4, -0.2) is 51.1 Å². The van der Waals surface area contributed by atoms with Gasteiger partial charge in [0.2, 0.25) is 0 Å². The molecule has 0 aliphatic carbocycles. The number of hydrogen-bond donors (Lipinski definition) is 1. The average Bonchev–Trinajstić information content (AvgIpc) is 2.52. The van der Waals surface area contributed by atoms with Gasteiger partial charge in [0.05, 0.1) is 24.9 Å². The molecule has 0 radical (unpaired) electrons. The first-order chi connectivity index (χ1) is 10.8. The molecule has 1 fully saturated rings. The van der Waals surface area contributed by atoms with Crippen LogP contribution in [0.5, 0.6) is 0 Å². The van der Waals surface area contributed by atoms with Crippen molar-refractivity contribution in [3.05, 3.63) is 35.4 Å². The Morgan fingerprint density at radius 3 is 2.35 bits per heavy atom. The standard InChI is InChI=1S/C15H22N2O5S/c1-11-9-17(10-12(2)22-11)23(19,20)16-8-13-4-6-14(7-5-13)15(18)21-3/h4-7,11-12,16H,8-10H2,1-3H3. The molecule has 2 rings (SSSR count). The summed E-state index contributed by atoms with van der Waals surface area (Å²) in [7, 11) is -2.25. The van der Waals surface area contributed by atoms with Crippen molar-refractivity contribution in [1.82, 2.24) is 9.03 Å². The molecule has 1 aliphatic heterocycles. The summed E-state index contributed by atoms with van der Waals surface area (Å²) >= 11 is 0. The van der Waals surface area contributed by atoms with Gasteiger partial charge in [-0.2, -0.15) is 17.4 Å². The van der Waals surface area contributed by atoms with Gasteiger partial charge in [-0.05, 0) is 31.5 Å². The van der Waals surface area contributed by atoms with Gasteiger partial charge in [-0.3, -0.25) is 0 Å². The predicted octanol–water partition coefficient (Wildman–Crippen LogP) is 0.917. The van der Waals surface area contributed by atoms with E-state index in [0.717, 1.165) is 5.56 Å². The molecule has 7 nitrogen and oxygen atoms in total. The molecular formula is C15H22N2O5S. The molecule has 0 spiro atoms. The molecule has 1 aliphatic rings. The zero-order valence-electron chi connectivity index (χ0n) is 13.5. The molecule has 1 saturated heterocycles. The maximum atomic E-state index is 12.4. The summed E-state index contributed by atoms with van der Waals surface area (Å²) in [6.45, 7) is 4.53. The van der Waals surface area contributed by atoms with Gasteiger partial charge in [-0.15, -0.1) is 0 Å². The lowest BCUT2D eigenvalue weighted by Gasteiger charge is -2.34. The monoisotopic (exact) mass is 342 g/mol. The second-order valence-electron chi connectivity index (χ2n) is 5.59. The van der Waals surface area contributed by atoms with Gasteiger partial charge in [0, 0.05) is 19.6 Å². The zero-order chi connectivity index (χ0) is 17.0. The van der Waals surface area contributed by atoms with Crippen LogP contribution in [0, 0.1) is 0 Å². The fraction of sp³-hybridized carbons (Fsp3) is 0.533. The number of rotatable bonds is 5. The molecule has 1 N–H and O–H groups in total. The Hall–Kier alpha value is -1.48. The number of ether oxygens (including phenoxy) is 2. The lowest BCUT2D eigenvalue weighted by molar-refractivity contribution is -0.0444.